The fourth-order valence-corrected chi connectivity index (χ4v) is 1.61. The van der Waals surface area contributed by atoms with E-state index in [0.29, 0.717) is 5.69 Å². The van der Waals surface area contributed by atoms with Crippen LogP contribution in [0.4, 0.5) is 5.69 Å². The summed E-state index contributed by atoms with van der Waals surface area (Å²) >= 11 is 0. The van der Waals surface area contributed by atoms with Crippen LogP contribution >= 0.6 is 0 Å². The smallest absolute Gasteiger partial charge is 0.118 e. The van der Waals surface area contributed by atoms with E-state index in [1.165, 1.54) is 0 Å². The molecule has 82 valence electrons. The van der Waals surface area contributed by atoms with Gasteiger partial charge in [0.2, 0.25) is 0 Å². The second-order valence-electron chi connectivity index (χ2n) is 3.63. The first-order valence-electron chi connectivity index (χ1n) is 5.07. The molecule has 2 rings (SSSR count). The van der Waals surface area contributed by atoms with E-state index >= 15 is 0 Å². The van der Waals surface area contributed by atoms with Gasteiger partial charge in [-0.3, -0.25) is 4.98 Å². The highest BCUT2D eigenvalue weighted by Crippen LogP contribution is 2.25. The predicted octanol–water partition coefficient (Wildman–Crippen LogP) is 2.65. The maximum Gasteiger partial charge on any atom is 0.118 e. The minimum Gasteiger partial charge on any atom is -0.497 e. The van der Waals surface area contributed by atoms with Crippen LogP contribution in [0.5, 0.6) is 5.75 Å². The predicted molar refractivity (Wildman–Crippen MR) is 65.4 cm³/mol. The summed E-state index contributed by atoms with van der Waals surface area (Å²) in [5, 5.41) is 0. The lowest BCUT2D eigenvalue weighted by atomic mass is 10.0. The Morgan fingerprint density at radius 3 is 2.50 bits per heavy atom. The summed E-state index contributed by atoms with van der Waals surface area (Å²) < 4.78 is 5.12. The molecule has 1 heterocycles. The monoisotopic (exact) mass is 214 g/mol. The molecule has 2 N–H and O–H groups in total. The summed E-state index contributed by atoms with van der Waals surface area (Å²) in [4.78, 5) is 4.24. The number of hydrogen-bond acceptors (Lipinski definition) is 3. The lowest BCUT2D eigenvalue weighted by Gasteiger charge is -2.07. The molecule has 0 aliphatic heterocycles. The molecule has 0 radical (unpaired) electrons. The van der Waals surface area contributed by atoms with E-state index in [9.17, 15) is 0 Å². The Balaban J connectivity index is 2.45. The first-order chi connectivity index (χ1) is 7.70. The van der Waals surface area contributed by atoms with E-state index in [-0.39, 0.29) is 0 Å². The van der Waals surface area contributed by atoms with Gasteiger partial charge in [-0.15, -0.1) is 0 Å². The molecular weight excluding hydrogens is 200 g/mol. The highest BCUT2D eigenvalue weighted by Gasteiger charge is 2.03. The average Bonchev–Trinajstić information content (AvgIpc) is 2.32. The number of methoxy groups -OCH3 is 1. The molecule has 0 unspecified atom stereocenters. The number of hydrogen-bond donors (Lipinski definition) is 1. The van der Waals surface area contributed by atoms with Gasteiger partial charge in [-0.05, 0) is 30.7 Å². The topological polar surface area (TPSA) is 48.1 Å². The van der Waals surface area contributed by atoms with Gasteiger partial charge in [-0.2, -0.15) is 0 Å². The third-order valence-corrected chi connectivity index (χ3v) is 2.51. The lowest BCUT2D eigenvalue weighted by molar-refractivity contribution is 0.415. The number of aromatic nitrogens is 1. The van der Waals surface area contributed by atoms with Crippen LogP contribution in [0, 0.1) is 6.92 Å². The molecule has 0 aliphatic carbocycles. The van der Waals surface area contributed by atoms with Crippen molar-refractivity contribution in [3.8, 4) is 16.9 Å². The molecule has 1 aromatic heterocycles. The standard InChI is InChI=1S/C13H14N2O/c1-9-13(7-11(14)8-15-9)10-3-5-12(16-2)6-4-10/h3-8H,14H2,1-2H3. The van der Waals surface area contributed by atoms with Crippen LogP contribution in [-0.2, 0) is 0 Å². The van der Waals surface area contributed by atoms with E-state index in [4.69, 9.17) is 10.5 Å². The summed E-state index contributed by atoms with van der Waals surface area (Å²) in [7, 11) is 1.66. The molecule has 3 nitrogen and oxygen atoms in total. The fourth-order valence-electron chi connectivity index (χ4n) is 1.61. The van der Waals surface area contributed by atoms with E-state index in [1.54, 1.807) is 13.3 Å². The molecule has 3 heteroatoms. The maximum absolute atomic E-state index is 5.73. The molecule has 0 fully saturated rings. The van der Waals surface area contributed by atoms with Crippen molar-refractivity contribution in [2.24, 2.45) is 0 Å². The second kappa shape index (κ2) is 4.23. The van der Waals surface area contributed by atoms with Crippen molar-refractivity contribution in [2.75, 3.05) is 12.8 Å². The largest absolute Gasteiger partial charge is 0.497 e. The third kappa shape index (κ3) is 1.98. The van der Waals surface area contributed by atoms with E-state index in [0.717, 1.165) is 22.6 Å². The Hall–Kier alpha value is -2.03. The number of aryl methyl sites for hydroxylation is 1. The zero-order valence-corrected chi connectivity index (χ0v) is 9.40. The van der Waals surface area contributed by atoms with Crippen molar-refractivity contribution in [1.82, 2.24) is 4.98 Å². The minimum absolute atomic E-state index is 0.677. The first-order valence-corrected chi connectivity index (χ1v) is 5.07. The van der Waals surface area contributed by atoms with Crippen LogP contribution in [0.1, 0.15) is 5.69 Å². The molecule has 0 atom stereocenters. The quantitative estimate of drug-likeness (QED) is 0.836. The van der Waals surface area contributed by atoms with Gasteiger partial charge in [-0.25, -0.2) is 0 Å². The zero-order chi connectivity index (χ0) is 11.5. The maximum atomic E-state index is 5.73. The normalized spacial score (nSPS) is 10.1. The molecule has 2 aromatic rings. The van der Waals surface area contributed by atoms with Crippen molar-refractivity contribution < 1.29 is 4.74 Å². The average molecular weight is 214 g/mol. The van der Waals surface area contributed by atoms with Crippen molar-refractivity contribution in [1.29, 1.82) is 0 Å². The van der Waals surface area contributed by atoms with Crippen LogP contribution in [0.2, 0.25) is 0 Å². The van der Waals surface area contributed by atoms with Crippen LogP contribution in [-0.4, -0.2) is 12.1 Å². The lowest BCUT2D eigenvalue weighted by Crippen LogP contribution is -1.92. The van der Waals surface area contributed by atoms with E-state index in [1.807, 2.05) is 37.3 Å². The van der Waals surface area contributed by atoms with E-state index in [2.05, 4.69) is 4.98 Å². The number of anilines is 1. The summed E-state index contributed by atoms with van der Waals surface area (Å²) in [6.45, 7) is 1.97. The van der Waals surface area contributed by atoms with Crippen molar-refractivity contribution in [2.45, 2.75) is 6.92 Å². The van der Waals surface area contributed by atoms with Crippen LogP contribution in [0.25, 0.3) is 11.1 Å². The van der Waals surface area contributed by atoms with Gasteiger partial charge >= 0.3 is 0 Å². The summed E-state index contributed by atoms with van der Waals surface area (Å²) in [6, 6.07) is 9.80. The fraction of sp³-hybridized carbons (Fsp3) is 0.154. The van der Waals surface area contributed by atoms with Crippen LogP contribution < -0.4 is 10.5 Å². The second-order valence-corrected chi connectivity index (χ2v) is 3.63. The first kappa shape index (κ1) is 10.5. The molecule has 0 amide bonds. The molecule has 0 spiro atoms. The van der Waals surface area contributed by atoms with Gasteiger partial charge in [0, 0.05) is 11.3 Å². The Labute approximate surface area is 94.9 Å². The SMILES string of the molecule is COc1ccc(-c2cc(N)cnc2C)cc1. The number of nitrogens with zero attached hydrogens (tertiary/aromatic N) is 1. The van der Waals surface area contributed by atoms with Crippen molar-refractivity contribution in [3.05, 3.63) is 42.2 Å². The van der Waals surface area contributed by atoms with Crippen molar-refractivity contribution >= 4 is 5.69 Å². The molecule has 0 aliphatic rings. The molecule has 16 heavy (non-hydrogen) atoms. The Morgan fingerprint density at radius 2 is 1.88 bits per heavy atom. The number of rotatable bonds is 2. The molecule has 0 bridgehead atoms. The van der Waals surface area contributed by atoms with Crippen molar-refractivity contribution in [3.63, 3.8) is 0 Å². The Morgan fingerprint density at radius 1 is 1.19 bits per heavy atom. The number of benzene rings is 1. The van der Waals surface area contributed by atoms with Gasteiger partial charge in [0.1, 0.15) is 5.75 Å². The Kier molecular flexibility index (Phi) is 2.77. The molecule has 0 saturated carbocycles. The third-order valence-electron chi connectivity index (χ3n) is 2.51. The van der Waals surface area contributed by atoms with Crippen LogP contribution in [0.3, 0.4) is 0 Å². The highest BCUT2D eigenvalue weighted by molar-refractivity contribution is 5.69. The Bertz CT molecular complexity index is 492. The summed E-state index contributed by atoms with van der Waals surface area (Å²) in [5.74, 6) is 0.846. The van der Waals surface area contributed by atoms with Gasteiger partial charge in [0.15, 0.2) is 0 Å². The highest BCUT2D eigenvalue weighted by atomic mass is 16.5. The number of nitrogen functional groups attached to an aromatic ring is 1. The van der Waals surface area contributed by atoms with Gasteiger partial charge < -0.3 is 10.5 Å². The van der Waals surface area contributed by atoms with E-state index < -0.39 is 0 Å². The van der Waals surface area contributed by atoms with Gasteiger partial charge in [0.25, 0.3) is 0 Å². The molecule has 0 saturated heterocycles. The number of ether oxygens (including phenoxy) is 1. The van der Waals surface area contributed by atoms with Gasteiger partial charge in [0.05, 0.1) is 19.0 Å². The number of pyridine rings is 1. The summed E-state index contributed by atoms with van der Waals surface area (Å²) in [6.07, 6.45) is 1.67. The minimum atomic E-state index is 0.677. The molecular formula is C13H14N2O. The molecule has 1 aromatic carbocycles. The van der Waals surface area contributed by atoms with Crippen LogP contribution in [0.15, 0.2) is 36.5 Å². The summed E-state index contributed by atoms with van der Waals surface area (Å²) in [5.41, 5.74) is 9.54. The van der Waals surface area contributed by atoms with Gasteiger partial charge in [-0.1, -0.05) is 12.1 Å². The number of nitrogens with two attached hydrogens (primary N) is 1. The zero-order valence-electron chi connectivity index (χ0n) is 9.40.